The van der Waals surface area contributed by atoms with Crippen molar-refractivity contribution in [3.05, 3.63) is 35.9 Å². The van der Waals surface area contributed by atoms with Gasteiger partial charge >= 0.3 is 12.1 Å². The summed E-state index contributed by atoms with van der Waals surface area (Å²) >= 11 is 1.50. The number of hydrogen-bond acceptors (Lipinski definition) is 4. The molecule has 0 radical (unpaired) electrons. The van der Waals surface area contributed by atoms with E-state index in [9.17, 15) is 14.7 Å². The van der Waals surface area contributed by atoms with Gasteiger partial charge in [-0.25, -0.2) is 4.79 Å². The van der Waals surface area contributed by atoms with E-state index in [0.29, 0.717) is 25.1 Å². The second-order valence-electron chi connectivity index (χ2n) is 5.58. The van der Waals surface area contributed by atoms with Crippen LogP contribution in [-0.4, -0.2) is 47.2 Å². The Morgan fingerprint density at radius 3 is 2.73 bits per heavy atom. The second-order valence-corrected chi connectivity index (χ2v) is 6.45. The number of piperidine rings is 1. The Kier molecular flexibility index (Phi) is 5.71. The third-order valence-corrected chi connectivity index (χ3v) is 4.76. The molecule has 0 aromatic heterocycles. The number of amides is 1. The Bertz CT molecular complexity index is 518. The van der Waals surface area contributed by atoms with Crippen molar-refractivity contribution in [3.63, 3.8) is 0 Å². The van der Waals surface area contributed by atoms with E-state index >= 15 is 0 Å². The lowest BCUT2D eigenvalue weighted by Gasteiger charge is -2.38. The third-order valence-electron chi connectivity index (χ3n) is 3.91. The fraction of sp³-hybridized carbons (Fsp3) is 0.500. The largest absolute Gasteiger partial charge is 0.481 e. The molecule has 6 heteroatoms. The smallest absolute Gasteiger partial charge is 0.410 e. The number of carboxylic acids is 1. The maximum absolute atomic E-state index is 12.2. The lowest BCUT2D eigenvalue weighted by molar-refractivity contribution is -0.150. The molecule has 1 aromatic carbocycles. The number of likely N-dealkylation sites (tertiary alicyclic amines) is 1. The molecular formula is C16H21NO4S. The first-order valence-corrected chi connectivity index (χ1v) is 8.65. The van der Waals surface area contributed by atoms with E-state index in [1.165, 1.54) is 16.7 Å². The molecule has 1 heterocycles. The van der Waals surface area contributed by atoms with Gasteiger partial charge in [-0.05, 0) is 24.7 Å². The topological polar surface area (TPSA) is 66.8 Å². The first-order chi connectivity index (χ1) is 10.6. The molecule has 1 amide bonds. The quantitative estimate of drug-likeness (QED) is 0.902. The Hall–Kier alpha value is -1.69. The van der Waals surface area contributed by atoms with E-state index in [0.717, 1.165) is 5.56 Å². The molecular weight excluding hydrogens is 302 g/mol. The molecule has 1 aliphatic heterocycles. The number of nitrogens with zero attached hydrogens (tertiary/aromatic N) is 1. The molecule has 1 fully saturated rings. The predicted octanol–water partition coefficient (Wildman–Crippen LogP) is 2.85. The molecule has 1 atom stereocenters. The van der Waals surface area contributed by atoms with E-state index in [4.69, 9.17) is 4.74 Å². The van der Waals surface area contributed by atoms with E-state index in [1.54, 1.807) is 0 Å². The minimum absolute atomic E-state index is 0.207. The fourth-order valence-electron chi connectivity index (χ4n) is 2.73. The van der Waals surface area contributed by atoms with Crippen LogP contribution < -0.4 is 0 Å². The first-order valence-electron chi connectivity index (χ1n) is 7.25. The van der Waals surface area contributed by atoms with Crippen LogP contribution >= 0.6 is 11.8 Å². The van der Waals surface area contributed by atoms with Crippen LogP contribution in [0.2, 0.25) is 0 Å². The van der Waals surface area contributed by atoms with Gasteiger partial charge < -0.3 is 14.7 Å². The normalized spacial score (nSPS) is 21.4. The van der Waals surface area contributed by atoms with Crippen LogP contribution in [0.15, 0.2) is 30.3 Å². The Morgan fingerprint density at radius 2 is 2.09 bits per heavy atom. The monoisotopic (exact) mass is 323 g/mol. The highest BCUT2D eigenvalue weighted by molar-refractivity contribution is 7.98. The summed E-state index contributed by atoms with van der Waals surface area (Å²) in [7, 11) is 0. The highest BCUT2D eigenvalue weighted by Crippen LogP contribution is 2.33. The SMILES string of the molecule is CSCC1(C(=O)O)CCCN(C(=O)OCc2ccccc2)C1. The van der Waals surface area contributed by atoms with Gasteiger partial charge in [0.25, 0.3) is 0 Å². The Labute approximate surface area is 134 Å². The van der Waals surface area contributed by atoms with Gasteiger partial charge in [-0.2, -0.15) is 11.8 Å². The van der Waals surface area contributed by atoms with Gasteiger partial charge in [0, 0.05) is 18.8 Å². The Morgan fingerprint density at radius 1 is 1.36 bits per heavy atom. The van der Waals surface area contributed by atoms with Crippen molar-refractivity contribution in [2.45, 2.75) is 19.4 Å². The molecule has 1 N–H and O–H groups in total. The maximum Gasteiger partial charge on any atom is 0.410 e. The molecule has 5 nitrogen and oxygen atoms in total. The predicted molar refractivity (Wildman–Crippen MR) is 85.9 cm³/mol. The van der Waals surface area contributed by atoms with Crippen molar-refractivity contribution >= 4 is 23.8 Å². The van der Waals surface area contributed by atoms with Gasteiger partial charge in [-0.3, -0.25) is 4.79 Å². The van der Waals surface area contributed by atoms with Crippen LogP contribution in [-0.2, 0) is 16.1 Å². The maximum atomic E-state index is 12.2. The minimum atomic E-state index is -0.858. The number of hydrogen-bond donors (Lipinski definition) is 1. The molecule has 1 aliphatic rings. The number of rotatable bonds is 5. The lowest BCUT2D eigenvalue weighted by atomic mass is 9.82. The molecule has 0 bridgehead atoms. The zero-order chi connectivity index (χ0) is 16.0. The fourth-order valence-corrected chi connectivity index (χ4v) is 3.64. The average molecular weight is 323 g/mol. The van der Waals surface area contributed by atoms with E-state index in [1.807, 2.05) is 36.6 Å². The number of ether oxygens (including phenoxy) is 1. The van der Waals surface area contributed by atoms with Gasteiger partial charge in [0.1, 0.15) is 6.61 Å². The number of carbonyl (C=O) groups excluding carboxylic acids is 1. The second kappa shape index (κ2) is 7.54. The van der Waals surface area contributed by atoms with Crippen LogP contribution in [0, 0.1) is 5.41 Å². The third kappa shape index (κ3) is 3.94. The summed E-state index contributed by atoms with van der Waals surface area (Å²) in [4.78, 5) is 25.3. The number of thioether (sulfide) groups is 1. The molecule has 1 aromatic rings. The van der Waals surface area contributed by atoms with Crippen molar-refractivity contribution in [1.29, 1.82) is 0 Å². The van der Waals surface area contributed by atoms with Crippen LogP contribution in [0.1, 0.15) is 18.4 Å². The molecule has 1 unspecified atom stereocenters. The lowest BCUT2D eigenvalue weighted by Crippen LogP contribution is -2.51. The van der Waals surface area contributed by atoms with Crippen molar-refractivity contribution in [2.24, 2.45) is 5.41 Å². The van der Waals surface area contributed by atoms with Gasteiger partial charge in [0.05, 0.1) is 5.41 Å². The van der Waals surface area contributed by atoms with Crippen molar-refractivity contribution in [1.82, 2.24) is 4.90 Å². The number of aliphatic carboxylic acids is 1. The molecule has 0 spiro atoms. The van der Waals surface area contributed by atoms with E-state index in [2.05, 4.69) is 0 Å². The van der Waals surface area contributed by atoms with E-state index < -0.39 is 17.5 Å². The van der Waals surface area contributed by atoms with Crippen molar-refractivity contribution in [2.75, 3.05) is 25.1 Å². The molecule has 2 rings (SSSR count). The van der Waals surface area contributed by atoms with Gasteiger partial charge in [0.15, 0.2) is 0 Å². The van der Waals surface area contributed by atoms with Crippen LogP contribution in [0.5, 0.6) is 0 Å². The molecule has 22 heavy (non-hydrogen) atoms. The first kappa shape index (κ1) is 16.7. The molecule has 0 saturated carbocycles. The number of carboxylic acid groups (broad SMARTS) is 1. The highest BCUT2D eigenvalue weighted by Gasteiger charge is 2.43. The van der Waals surface area contributed by atoms with Gasteiger partial charge in [-0.1, -0.05) is 30.3 Å². The van der Waals surface area contributed by atoms with Crippen LogP contribution in [0.4, 0.5) is 4.79 Å². The number of benzene rings is 1. The van der Waals surface area contributed by atoms with E-state index in [-0.39, 0.29) is 13.2 Å². The number of carbonyl (C=O) groups is 2. The zero-order valence-electron chi connectivity index (χ0n) is 12.7. The van der Waals surface area contributed by atoms with Gasteiger partial charge in [-0.15, -0.1) is 0 Å². The molecule has 120 valence electrons. The summed E-state index contributed by atoms with van der Waals surface area (Å²) in [5.74, 6) is -0.326. The van der Waals surface area contributed by atoms with Crippen molar-refractivity contribution < 1.29 is 19.4 Å². The summed E-state index contributed by atoms with van der Waals surface area (Å²) < 4.78 is 5.31. The summed E-state index contributed by atoms with van der Waals surface area (Å²) in [6, 6.07) is 9.45. The highest BCUT2D eigenvalue weighted by atomic mass is 32.2. The van der Waals surface area contributed by atoms with Gasteiger partial charge in [0.2, 0.25) is 0 Å². The average Bonchev–Trinajstić information content (AvgIpc) is 2.54. The zero-order valence-corrected chi connectivity index (χ0v) is 13.5. The summed E-state index contributed by atoms with van der Waals surface area (Å²) in [5.41, 5.74) is 0.0603. The minimum Gasteiger partial charge on any atom is -0.481 e. The van der Waals surface area contributed by atoms with Crippen LogP contribution in [0.25, 0.3) is 0 Å². The van der Waals surface area contributed by atoms with Crippen LogP contribution in [0.3, 0.4) is 0 Å². The standard InChI is InChI=1S/C16H21NO4S/c1-22-12-16(14(18)19)8-5-9-17(11-16)15(20)21-10-13-6-3-2-4-7-13/h2-4,6-7H,5,8-12H2,1H3,(H,18,19). The molecule has 1 saturated heterocycles. The molecule has 0 aliphatic carbocycles. The Balaban J connectivity index is 1.96. The van der Waals surface area contributed by atoms with Crippen molar-refractivity contribution in [3.8, 4) is 0 Å². The summed E-state index contributed by atoms with van der Waals surface area (Å²) in [6.45, 7) is 0.979. The summed E-state index contributed by atoms with van der Waals surface area (Å²) in [6.07, 6.45) is 2.74. The summed E-state index contributed by atoms with van der Waals surface area (Å²) in [5, 5.41) is 9.54.